The Labute approximate surface area is 199 Å². The van der Waals surface area contributed by atoms with Crippen molar-refractivity contribution in [1.29, 1.82) is 5.41 Å². The lowest BCUT2D eigenvalue weighted by atomic mass is 9.89. The van der Waals surface area contributed by atoms with Gasteiger partial charge in [0.05, 0.1) is 18.6 Å². The number of nitrogens with one attached hydrogen (secondary N) is 1. The Balaban J connectivity index is 1.23. The van der Waals surface area contributed by atoms with Gasteiger partial charge in [0.1, 0.15) is 17.6 Å². The predicted octanol–water partition coefficient (Wildman–Crippen LogP) is 3.30. The molecule has 1 unspecified atom stereocenters. The van der Waals surface area contributed by atoms with Crippen LogP contribution in [0.5, 0.6) is 5.75 Å². The Hall–Kier alpha value is -2.77. The molecule has 0 saturated carbocycles. The number of halogens is 1. The van der Waals surface area contributed by atoms with Crippen molar-refractivity contribution in [2.75, 3.05) is 26.2 Å². The molecular weight excluding hydrogens is 442 g/mol. The lowest BCUT2D eigenvalue weighted by Crippen LogP contribution is -2.40. The number of benzene rings is 1. The van der Waals surface area contributed by atoms with Crippen molar-refractivity contribution in [3.05, 3.63) is 64.1 Å². The number of hydrogen-bond donors (Lipinski definition) is 3. The Bertz CT molecular complexity index is 1010. The van der Waals surface area contributed by atoms with Gasteiger partial charge in [0, 0.05) is 18.5 Å². The normalized spacial score (nSPS) is 20.8. The van der Waals surface area contributed by atoms with Crippen LogP contribution in [0.25, 0.3) is 0 Å². The zero-order valence-corrected chi connectivity index (χ0v) is 19.6. The van der Waals surface area contributed by atoms with E-state index in [0.29, 0.717) is 23.3 Å². The second-order valence-electron chi connectivity index (χ2n) is 8.64. The van der Waals surface area contributed by atoms with Gasteiger partial charge in [0.25, 0.3) is 5.90 Å². The fraction of sp³-hybridized carbons (Fsp3) is 0.440. The number of phenolic OH excluding ortho intramolecular Hbond substituents is 1. The number of nitrogens with zero attached hydrogens (tertiary/aromatic N) is 1. The van der Waals surface area contributed by atoms with Gasteiger partial charge in [-0.05, 0) is 68.1 Å². The summed E-state index contributed by atoms with van der Waals surface area (Å²) in [6, 6.07) is 5.55. The fourth-order valence-electron chi connectivity index (χ4n) is 4.48. The Morgan fingerprint density at radius 3 is 2.85 bits per heavy atom. The molecule has 0 radical (unpaired) electrons. The number of rotatable bonds is 7. The second-order valence-corrected chi connectivity index (χ2v) is 9.05. The Kier molecular flexibility index (Phi) is 7.40. The number of aromatic hydroxyl groups is 1. The number of allylic oxidation sites excluding steroid dienone is 1. The van der Waals surface area contributed by atoms with Crippen LogP contribution >= 0.6 is 11.6 Å². The van der Waals surface area contributed by atoms with E-state index in [1.807, 2.05) is 30.4 Å². The minimum Gasteiger partial charge on any atom is -0.506 e. The zero-order chi connectivity index (χ0) is 23.4. The SMILES string of the molecule is CC(=[NH2+])OC(=N)C1=CC2=C(OCCCN3CCC(c4ccc(O)c(Cl)c4)CC3)C=CCC2O1. The lowest BCUT2D eigenvalue weighted by Gasteiger charge is -2.32. The number of piperidine rings is 1. The van der Waals surface area contributed by atoms with Crippen LogP contribution in [0.2, 0.25) is 5.02 Å². The van der Waals surface area contributed by atoms with E-state index in [0.717, 1.165) is 56.6 Å². The van der Waals surface area contributed by atoms with Crippen LogP contribution in [0.15, 0.2) is 53.5 Å². The molecule has 4 rings (SSSR count). The van der Waals surface area contributed by atoms with Crippen LogP contribution in [0.1, 0.15) is 44.1 Å². The van der Waals surface area contributed by atoms with Crippen molar-refractivity contribution in [2.45, 2.75) is 44.6 Å². The van der Waals surface area contributed by atoms with Crippen LogP contribution in [0.4, 0.5) is 0 Å². The van der Waals surface area contributed by atoms with Gasteiger partial charge in [0.2, 0.25) is 0 Å². The molecule has 0 bridgehead atoms. The number of nitrogens with two attached hydrogens (primary N) is 1. The molecule has 1 aromatic rings. The number of hydrogen-bond acceptors (Lipinski definition) is 6. The second kappa shape index (κ2) is 10.4. The van der Waals surface area contributed by atoms with E-state index in [1.54, 1.807) is 13.0 Å². The average Bonchev–Trinajstić information content (AvgIpc) is 3.24. The molecule has 3 aliphatic rings. The Morgan fingerprint density at radius 1 is 1.33 bits per heavy atom. The zero-order valence-electron chi connectivity index (χ0n) is 18.9. The third-order valence-corrected chi connectivity index (χ3v) is 6.50. The van der Waals surface area contributed by atoms with E-state index in [9.17, 15) is 5.11 Å². The first-order valence-corrected chi connectivity index (χ1v) is 11.8. The van der Waals surface area contributed by atoms with Gasteiger partial charge in [-0.15, -0.1) is 0 Å². The highest BCUT2D eigenvalue weighted by atomic mass is 35.5. The molecule has 0 aromatic heterocycles. The van der Waals surface area contributed by atoms with E-state index in [1.165, 1.54) is 5.56 Å². The highest BCUT2D eigenvalue weighted by Crippen LogP contribution is 2.34. The highest BCUT2D eigenvalue weighted by molar-refractivity contribution is 6.32. The molecule has 4 N–H and O–H groups in total. The first-order chi connectivity index (χ1) is 15.9. The van der Waals surface area contributed by atoms with E-state index >= 15 is 0 Å². The van der Waals surface area contributed by atoms with Crippen LogP contribution in [-0.4, -0.2) is 54.1 Å². The maximum absolute atomic E-state index is 9.63. The summed E-state index contributed by atoms with van der Waals surface area (Å²) in [5.74, 6) is 1.92. The lowest BCUT2D eigenvalue weighted by molar-refractivity contribution is -0.133. The molecule has 1 saturated heterocycles. The number of phenols is 1. The standard InChI is InChI=1S/C25H30ClN3O4/c1-16(27)32-25(28)24-15-19-22(4-2-5-23(19)33-24)31-13-3-10-29-11-8-17(9-12-29)18-6-7-21(30)20(26)14-18/h2,4,6-7,14-15,17,23,27-28,30H,3,5,8-13H2,1H3/p+1. The summed E-state index contributed by atoms with van der Waals surface area (Å²) >= 11 is 6.07. The summed E-state index contributed by atoms with van der Waals surface area (Å²) in [4.78, 5) is 2.47. The smallest absolute Gasteiger partial charge is 0.336 e. The molecule has 1 atom stereocenters. The minimum absolute atomic E-state index is 0.0887. The van der Waals surface area contributed by atoms with Gasteiger partial charge < -0.3 is 24.2 Å². The van der Waals surface area contributed by atoms with Crippen molar-refractivity contribution in [3.8, 4) is 5.75 Å². The summed E-state index contributed by atoms with van der Waals surface area (Å²) in [5.41, 5.74) is 2.15. The molecule has 1 aliphatic carbocycles. The summed E-state index contributed by atoms with van der Waals surface area (Å²) in [7, 11) is 0. The van der Waals surface area contributed by atoms with Crippen LogP contribution in [0, 0.1) is 5.41 Å². The largest absolute Gasteiger partial charge is 0.506 e. The van der Waals surface area contributed by atoms with Crippen molar-refractivity contribution >= 4 is 23.4 Å². The summed E-state index contributed by atoms with van der Waals surface area (Å²) < 4.78 is 17.1. The van der Waals surface area contributed by atoms with Gasteiger partial charge in [-0.2, -0.15) is 0 Å². The van der Waals surface area contributed by atoms with Crippen molar-refractivity contribution in [1.82, 2.24) is 4.90 Å². The third-order valence-electron chi connectivity index (χ3n) is 6.20. The summed E-state index contributed by atoms with van der Waals surface area (Å²) in [6.45, 7) is 5.28. The molecule has 8 heteroatoms. The molecule has 1 fully saturated rings. The first kappa shape index (κ1) is 23.4. The van der Waals surface area contributed by atoms with Gasteiger partial charge in [-0.3, -0.25) is 5.41 Å². The fourth-order valence-corrected chi connectivity index (χ4v) is 4.67. The quantitative estimate of drug-likeness (QED) is 0.321. The molecule has 1 aromatic carbocycles. The van der Waals surface area contributed by atoms with E-state index < -0.39 is 0 Å². The molecule has 2 aliphatic heterocycles. The maximum Gasteiger partial charge on any atom is 0.336 e. The van der Waals surface area contributed by atoms with Crippen molar-refractivity contribution in [2.24, 2.45) is 0 Å². The van der Waals surface area contributed by atoms with Crippen molar-refractivity contribution < 1.29 is 24.7 Å². The number of fused-ring (bicyclic) bond motifs is 1. The molecule has 7 nitrogen and oxygen atoms in total. The average molecular weight is 473 g/mol. The van der Waals surface area contributed by atoms with E-state index in [-0.39, 0.29) is 23.6 Å². The van der Waals surface area contributed by atoms with Crippen LogP contribution in [-0.2, 0) is 14.2 Å². The number of likely N-dealkylation sites (tertiary alicyclic amines) is 1. The van der Waals surface area contributed by atoms with Gasteiger partial charge in [-0.25, -0.2) is 5.41 Å². The monoisotopic (exact) mass is 472 g/mol. The third kappa shape index (κ3) is 5.78. The summed E-state index contributed by atoms with van der Waals surface area (Å²) in [6.07, 6.45) is 9.52. The molecule has 0 spiro atoms. The molecular formula is C25H31ClN3O4+. The minimum atomic E-state index is -0.144. The van der Waals surface area contributed by atoms with E-state index in [2.05, 4.69) is 4.90 Å². The van der Waals surface area contributed by atoms with Gasteiger partial charge >= 0.3 is 5.90 Å². The molecule has 0 amide bonds. The predicted molar refractivity (Wildman–Crippen MR) is 127 cm³/mol. The Morgan fingerprint density at radius 2 is 2.12 bits per heavy atom. The van der Waals surface area contributed by atoms with Gasteiger partial charge in [-0.1, -0.05) is 23.7 Å². The van der Waals surface area contributed by atoms with Gasteiger partial charge in [0.15, 0.2) is 5.76 Å². The highest BCUT2D eigenvalue weighted by Gasteiger charge is 2.31. The summed E-state index contributed by atoms with van der Waals surface area (Å²) in [5, 5.41) is 23.6. The maximum atomic E-state index is 9.63. The first-order valence-electron chi connectivity index (χ1n) is 11.4. The molecule has 2 heterocycles. The van der Waals surface area contributed by atoms with Crippen molar-refractivity contribution in [3.63, 3.8) is 0 Å². The topological polar surface area (TPSA) is 101 Å². The van der Waals surface area contributed by atoms with Crippen LogP contribution in [0.3, 0.4) is 0 Å². The van der Waals surface area contributed by atoms with E-state index in [4.69, 9.17) is 36.6 Å². The molecule has 176 valence electrons. The number of ether oxygens (including phenoxy) is 3. The van der Waals surface area contributed by atoms with Crippen LogP contribution < -0.4 is 5.41 Å². The molecule has 33 heavy (non-hydrogen) atoms.